The lowest BCUT2D eigenvalue weighted by molar-refractivity contribution is 0.935. The van der Waals surface area contributed by atoms with Gasteiger partial charge < -0.3 is 0 Å². The molecule has 0 fully saturated rings. The predicted molar refractivity (Wildman–Crippen MR) is 114 cm³/mol. The van der Waals surface area contributed by atoms with Crippen LogP contribution in [0.1, 0.15) is 22.3 Å². The van der Waals surface area contributed by atoms with Crippen molar-refractivity contribution >= 4 is 67.9 Å². The number of hydrogen-bond acceptors (Lipinski definition) is 4. The average Bonchev–Trinajstić information content (AvgIpc) is 2.68. The average molecular weight is 450 g/mol. The minimum Gasteiger partial charge on any atom is -0.136 e. The molecule has 2 aromatic carbocycles. The van der Waals surface area contributed by atoms with Gasteiger partial charge in [-0.05, 0) is 47.9 Å². The van der Waals surface area contributed by atoms with Crippen molar-refractivity contribution in [3.05, 3.63) is 67.1 Å². The lowest BCUT2D eigenvalue weighted by Gasteiger charge is -2.17. The molecule has 0 atom stereocenters. The molecule has 4 nitrogen and oxygen atoms in total. The highest BCUT2D eigenvalue weighted by atomic mass is 35.5. The van der Waals surface area contributed by atoms with E-state index in [1.54, 1.807) is 0 Å². The molecule has 0 N–H and O–H groups in total. The molecule has 140 valence electrons. The maximum atomic E-state index is 6.42. The standard InChI is InChI=1S/C20H12Cl4N4/c21-17-13-9-1-2-10(14(13)18(22)26-25-17)7-8-12-4-3-11(6-5-9)15-16(12)20(24)28-27-19(15)23/h1-4H,5-8H2. The monoisotopic (exact) mass is 448 g/mol. The highest BCUT2D eigenvalue weighted by Gasteiger charge is 2.20. The fourth-order valence-electron chi connectivity index (χ4n) is 4.07. The van der Waals surface area contributed by atoms with Crippen LogP contribution >= 0.6 is 46.4 Å². The molecule has 0 unspecified atom stereocenters. The minimum absolute atomic E-state index is 0.374. The summed E-state index contributed by atoms with van der Waals surface area (Å²) >= 11 is 25.7. The zero-order chi connectivity index (χ0) is 19.4. The molecule has 0 spiro atoms. The van der Waals surface area contributed by atoms with Crippen molar-refractivity contribution in [3.8, 4) is 0 Å². The van der Waals surface area contributed by atoms with Crippen LogP contribution in [0.2, 0.25) is 20.6 Å². The van der Waals surface area contributed by atoms with Crippen molar-refractivity contribution in [2.75, 3.05) is 0 Å². The number of benzene rings is 2. The van der Waals surface area contributed by atoms with E-state index in [2.05, 4.69) is 44.7 Å². The Morgan fingerprint density at radius 2 is 0.643 bits per heavy atom. The first-order valence-corrected chi connectivity index (χ1v) is 10.3. The highest BCUT2D eigenvalue weighted by molar-refractivity contribution is 6.39. The molecule has 2 aliphatic carbocycles. The third-order valence-corrected chi connectivity index (χ3v) is 6.42. The van der Waals surface area contributed by atoms with Gasteiger partial charge in [-0.25, -0.2) is 0 Å². The van der Waals surface area contributed by atoms with Crippen LogP contribution in [0.25, 0.3) is 21.5 Å². The van der Waals surface area contributed by atoms with Crippen LogP contribution in [0.4, 0.5) is 0 Å². The summed E-state index contributed by atoms with van der Waals surface area (Å²) in [4.78, 5) is 0. The van der Waals surface area contributed by atoms with E-state index in [-0.39, 0.29) is 0 Å². The quantitative estimate of drug-likeness (QED) is 0.327. The van der Waals surface area contributed by atoms with Crippen molar-refractivity contribution in [2.45, 2.75) is 25.7 Å². The van der Waals surface area contributed by atoms with Gasteiger partial charge in [-0.1, -0.05) is 70.7 Å². The van der Waals surface area contributed by atoms with E-state index in [0.717, 1.165) is 69.5 Å². The van der Waals surface area contributed by atoms with Gasteiger partial charge in [0, 0.05) is 21.5 Å². The highest BCUT2D eigenvalue weighted by Crippen LogP contribution is 2.37. The minimum atomic E-state index is 0.374. The van der Waals surface area contributed by atoms with Gasteiger partial charge in [0.05, 0.1) is 0 Å². The topological polar surface area (TPSA) is 51.6 Å². The first-order valence-electron chi connectivity index (χ1n) is 8.79. The molecule has 6 rings (SSSR count). The summed E-state index contributed by atoms with van der Waals surface area (Å²) in [6, 6.07) is 8.41. The number of aromatic nitrogens is 4. The summed E-state index contributed by atoms with van der Waals surface area (Å²) in [5.74, 6) is 0. The molecule has 0 saturated carbocycles. The molecule has 2 aliphatic rings. The molecular formula is C20H12Cl4N4. The Hall–Kier alpha value is -1.72. The first-order chi connectivity index (χ1) is 13.5. The van der Waals surface area contributed by atoms with Gasteiger partial charge in [0.2, 0.25) is 0 Å². The van der Waals surface area contributed by atoms with Crippen molar-refractivity contribution in [3.63, 3.8) is 0 Å². The van der Waals surface area contributed by atoms with Crippen molar-refractivity contribution in [2.24, 2.45) is 0 Å². The Balaban J connectivity index is 1.81. The van der Waals surface area contributed by atoms with Crippen molar-refractivity contribution in [1.29, 1.82) is 0 Å². The van der Waals surface area contributed by atoms with Crippen molar-refractivity contribution < 1.29 is 0 Å². The van der Waals surface area contributed by atoms with Gasteiger partial charge in [-0.3, -0.25) is 0 Å². The zero-order valence-electron chi connectivity index (χ0n) is 14.4. The Labute approximate surface area is 180 Å². The summed E-state index contributed by atoms with van der Waals surface area (Å²) in [5, 5.41) is 21.1. The lowest BCUT2D eigenvalue weighted by Crippen LogP contribution is -2.04. The molecular weight excluding hydrogens is 438 g/mol. The Morgan fingerprint density at radius 3 is 0.857 bits per heavy atom. The second-order valence-electron chi connectivity index (χ2n) is 6.83. The Morgan fingerprint density at radius 1 is 0.429 bits per heavy atom. The Kier molecular flexibility index (Phi) is 4.55. The second-order valence-corrected chi connectivity index (χ2v) is 8.26. The second kappa shape index (κ2) is 6.96. The van der Waals surface area contributed by atoms with Crippen LogP contribution in [-0.2, 0) is 25.7 Å². The van der Waals surface area contributed by atoms with E-state index in [9.17, 15) is 0 Å². The fourth-order valence-corrected chi connectivity index (χ4v) is 5.08. The van der Waals surface area contributed by atoms with E-state index < -0.39 is 0 Å². The van der Waals surface area contributed by atoms with Gasteiger partial charge in [-0.15, -0.1) is 20.4 Å². The number of rotatable bonds is 0. The third-order valence-electron chi connectivity index (χ3n) is 5.36. The van der Waals surface area contributed by atoms with E-state index in [1.165, 1.54) is 0 Å². The number of halogens is 4. The first kappa shape index (κ1) is 18.3. The van der Waals surface area contributed by atoms with E-state index in [1.807, 2.05) is 0 Å². The lowest BCUT2D eigenvalue weighted by atomic mass is 9.90. The molecule has 0 aliphatic heterocycles. The molecule has 0 saturated heterocycles. The molecule has 4 bridgehead atoms. The molecule has 0 radical (unpaired) electrons. The van der Waals surface area contributed by atoms with E-state index in [0.29, 0.717) is 20.6 Å². The number of hydrogen-bond donors (Lipinski definition) is 0. The van der Waals surface area contributed by atoms with Gasteiger partial charge in [-0.2, -0.15) is 0 Å². The van der Waals surface area contributed by atoms with Crippen LogP contribution in [0.15, 0.2) is 24.3 Å². The molecule has 28 heavy (non-hydrogen) atoms. The molecule has 8 heteroatoms. The fraction of sp³-hybridized carbons (Fsp3) is 0.200. The molecule has 2 heterocycles. The molecule has 2 aromatic heterocycles. The van der Waals surface area contributed by atoms with Crippen molar-refractivity contribution in [1.82, 2.24) is 20.4 Å². The maximum absolute atomic E-state index is 6.42. The van der Waals surface area contributed by atoms with E-state index >= 15 is 0 Å². The largest absolute Gasteiger partial charge is 0.159 e. The summed E-state index contributed by atoms with van der Waals surface area (Å²) in [5.41, 5.74) is 4.29. The Bertz CT molecular complexity index is 1080. The van der Waals surface area contributed by atoms with Gasteiger partial charge in [0.15, 0.2) is 20.6 Å². The zero-order valence-corrected chi connectivity index (χ0v) is 17.5. The summed E-state index contributed by atoms with van der Waals surface area (Å²) in [6.45, 7) is 0. The number of fused-ring (bicyclic) bond motifs is 4. The summed E-state index contributed by atoms with van der Waals surface area (Å²) in [6.07, 6.45) is 2.96. The molecule has 0 amide bonds. The predicted octanol–water partition coefficient (Wildman–Crippen LogP) is 6.07. The smallest absolute Gasteiger partial charge is 0.136 e. The SMILES string of the molecule is Clc1nnc(Cl)c2c3ccc(c12)CCc1ccc(c2c(Cl)nnc(Cl)c12)CC3. The van der Waals surface area contributed by atoms with Crippen LogP contribution < -0.4 is 0 Å². The van der Waals surface area contributed by atoms with Crippen LogP contribution in [0.3, 0.4) is 0 Å². The summed E-state index contributed by atoms with van der Waals surface area (Å²) in [7, 11) is 0. The van der Waals surface area contributed by atoms with Gasteiger partial charge in [0.1, 0.15) is 0 Å². The number of aryl methyl sites for hydroxylation is 4. The third kappa shape index (κ3) is 2.82. The maximum Gasteiger partial charge on any atom is 0.159 e. The van der Waals surface area contributed by atoms with Gasteiger partial charge in [0.25, 0.3) is 0 Å². The van der Waals surface area contributed by atoms with Crippen LogP contribution in [0.5, 0.6) is 0 Å². The normalized spacial score (nSPS) is 13.9. The van der Waals surface area contributed by atoms with E-state index in [4.69, 9.17) is 46.4 Å². The molecule has 4 aromatic rings. The number of nitrogens with zero attached hydrogens (tertiary/aromatic N) is 4. The van der Waals surface area contributed by atoms with Gasteiger partial charge >= 0.3 is 0 Å². The van der Waals surface area contributed by atoms with Crippen LogP contribution in [0, 0.1) is 0 Å². The summed E-state index contributed by atoms with van der Waals surface area (Å²) < 4.78 is 0. The van der Waals surface area contributed by atoms with Crippen LogP contribution in [-0.4, -0.2) is 20.4 Å².